The molecule has 18 heavy (non-hydrogen) atoms. The first-order valence-corrected chi connectivity index (χ1v) is 5.88. The average molecular weight is 242 g/mol. The Hall–Kier alpha value is -2.10. The molecule has 0 saturated heterocycles. The van der Waals surface area contributed by atoms with Gasteiger partial charge in [-0.3, -0.25) is 14.8 Å². The van der Waals surface area contributed by atoms with Crippen molar-refractivity contribution in [3.8, 4) is 11.3 Å². The number of carbonyl (C=O) groups excluding carboxylic acids is 1. The van der Waals surface area contributed by atoms with Gasteiger partial charge in [0.05, 0.1) is 17.6 Å². The van der Waals surface area contributed by atoms with Crippen LogP contribution in [0.4, 0.5) is 4.39 Å². The Labute approximate surface area is 104 Å². The van der Waals surface area contributed by atoms with Crippen LogP contribution < -0.4 is 0 Å². The number of fused-ring (bicyclic) bond motifs is 1. The molecule has 0 spiro atoms. The third-order valence-corrected chi connectivity index (χ3v) is 3.09. The predicted octanol–water partition coefficient (Wildman–Crippen LogP) is 2.80. The Morgan fingerprint density at radius 2 is 2.06 bits per heavy atom. The van der Waals surface area contributed by atoms with E-state index < -0.39 is 0 Å². The zero-order valence-electron chi connectivity index (χ0n) is 9.69. The Kier molecular flexibility index (Phi) is 2.63. The fourth-order valence-electron chi connectivity index (χ4n) is 2.21. The highest BCUT2D eigenvalue weighted by atomic mass is 19.1. The normalized spacial score (nSPS) is 14.4. The molecule has 0 radical (unpaired) electrons. The van der Waals surface area contributed by atoms with Gasteiger partial charge < -0.3 is 0 Å². The monoisotopic (exact) mass is 242 g/mol. The van der Waals surface area contributed by atoms with Crippen molar-refractivity contribution in [3.63, 3.8) is 0 Å². The first kappa shape index (κ1) is 11.0. The number of pyridine rings is 2. The van der Waals surface area contributed by atoms with Gasteiger partial charge in [0.15, 0.2) is 5.78 Å². The molecular formula is C14H11FN2O. The number of aryl methyl sites for hydroxylation is 1. The summed E-state index contributed by atoms with van der Waals surface area (Å²) in [4.78, 5) is 19.9. The van der Waals surface area contributed by atoms with Gasteiger partial charge in [-0.15, -0.1) is 0 Å². The summed E-state index contributed by atoms with van der Waals surface area (Å²) in [6, 6.07) is 4.93. The fourth-order valence-corrected chi connectivity index (χ4v) is 2.21. The van der Waals surface area contributed by atoms with Crippen LogP contribution in [0.1, 0.15) is 28.9 Å². The van der Waals surface area contributed by atoms with Crippen molar-refractivity contribution in [2.24, 2.45) is 0 Å². The lowest BCUT2D eigenvalue weighted by atomic mass is 9.94. The highest BCUT2D eigenvalue weighted by molar-refractivity contribution is 5.98. The van der Waals surface area contributed by atoms with Crippen LogP contribution >= 0.6 is 0 Å². The standard InChI is InChI=1S/C14H11FN2O/c15-10-6-9(7-16-8-10)12-5-4-11-13(17-12)2-1-3-14(11)18/h4-8H,1-3H2. The first-order valence-electron chi connectivity index (χ1n) is 5.88. The van der Waals surface area contributed by atoms with Crippen molar-refractivity contribution in [1.29, 1.82) is 0 Å². The second-order valence-corrected chi connectivity index (χ2v) is 4.36. The number of halogens is 1. The van der Waals surface area contributed by atoms with Crippen molar-refractivity contribution in [2.45, 2.75) is 19.3 Å². The molecule has 2 aromatic heterocycles. The Balaban J connectivity index is 2.07. The molecule has 0 fully saturated rings. The van der Waals surface area contributed by atoms with Gasteiger partial charge in [-0.05, 0) is 31.0 Å². The zero-order valence-corrected chi connectivity index (χ0v) is 9.69. The lowest BCUT2D eigenvalue weighted by molar-refractivity contribution is 0.0971. The van der Waals surface area contributed by atoms with Gasteiger partial charge in [0, 0.05) is 23.7 Å². The largest absolute Gasteiger partial charge is 0.294 e. The molecule has 3 rings (SSSR count). The maximum Gasteiger partial charge on any atom is 0.164 e. The van der Waals surface area contributed by atoms with Crippen LogP contribution in [0.15, 0.2) is 30.6 Å². The minimum Gasteiger partial charge on any atom is -0.294 e. The molecule has 0 unspecified atom stereocenters. The summed E-state index contributed by atoms with van der Waals surface area (Å²) in [5.41, 5.74) is 2.81. The van der Waals surface area contributed by atoms with E-state index in [1.54, 1.807) is 18.3 Å². The Bertz CT molecular complexity index is 625. The summed E-state index contributed by atoms with van der Waals surface area (Å²) in [6.07, 6.45) is 4.96. The van der Waals surface area contributed by atoms with Crippen LogP contribution in [0.5, 0.6) is 0 Å². The summed E-state index contributed by atoms with van der Waals surface area (Å²) in [5, 5.41) is 0. The quantitative estimate of drug-likeness (QED) is 0.772. The molecule has 0 saturated carbocycles. The highest BCUT2D eigenvalue weighted by Crippen LogP contribution is 2.24. The SMILES string of the molecule is O=C1CCCc2nc(-c3cncc(F)c3)ccc21. The number of Topliss-reactive ketones (excluding diaryl/α,β-unsaturated/α-hetero) is 1. The lowest BCUT2D eigenvalue weighted by Gasteiger charge is -2.14. The number of aromatic nitrogens is 2. The minimum absolute atomic E-state index is 0.146. The average Bonchev–Trinajstić information content (AvgIpc) is 2.39. The van der Waals surface area contributed by atoms with Crippen molar-refractivity contribution < 1.29 is 9.18 Å². The van der Waals surface area contributed by atoms with Crippen molar-refractivity contribution in [3.05, 3.63) is 47.7 Å². The summed E-state index contributed by atoms with van der Waals surface area (Å²) in [6.45, 7) is 0. The summed E-state index contributed by atoms with van der Waals surface area (Å²) in [5.74, 6) is -0.240. The molecule has 0 aromatic carbocycles. The maximum absolute atomic E-state index is 13.1. The maximum atomic E-state index is 13.1. The molecule has 0 aliphatic heterocycles. The van der Waals surface area contributed by atoms with Crippen molar-refractivity contribution >= 4 is 5.78 Å². The van der Waals surface area contributed by atoms with Gasteiger partial charge in [-0.2, -0.15) is 0 Å². The second-order valence-electron chi connectivity index (χ2n) is 4.36. The molecule has 2 heterocycles. The molecule has 90 valence electrons. The summed E-state index contributed by atoms with van der Waals surface area (Å²) >= 11 is 0. The van der Waals surface area contributed by atoms with E-state index in [0.29, 0.717) is 23.2 Å². The Morgan fingerprint density at radius 3 is 2.89 bits per heavy atom. The number of rotatable bonds is 1. The van der Waals surface area contributed by atoms with Crippen LogP contribution in [-0.4, -0.2) is 15.8 Å². The summed E-state index contributed by atoms with van der Waals surface area (Å²) < 4.78 is 13.1. The van der Waals surface area contributed by atoms with Crippen LogP contribution in [0.3, 0.4) is 0 Å². The lowest BCUT2D eigenvalue weighted by Crippen LogP contribution is -2.12. The number of ketones is 1. The molecule has 1 aliphatic rings. The van der Waals surface area contributed by atoms with Gasteiger partial charge in [0.2, 0.25) is 0 Å². The van der Waals surface area contributed by atoms with Crippen molar-refractivity contribution in [1.82, 2.24) is 9.97 Å². The number of hydrogen-bond donors (Lipinski definition) is 0. The van der Waals surface area contributed by atoms with Gasteiger partial charge in [-0.25, -0.2) is 4.39 Å². The number of nitrogens with zero attached hydrogens (tertiary/aromatic N) is 2. The molecular weight excluding hydrogens is 231 g/mol. The van der Waals surface area contributed by atoms with Crippen LogP contribution in [0.25, 0.3) is 11.3 Å². The molecule has 0 amide bonds. The highest BCUT2D eigenvalue weighted by Gasteiger charge is 2.18. The third kappa shape index (κ3) is 1.90. The topological polar surface area (TPSA) is 42.9 Å². The smallest absolute Gasteiger partial charge is 0.164 e. The van der Waals surface area contributed by atoms with Gasteiger partial charge in [0.25, 0.3) is 0 Å². The van der Waals surface area contributed by atoms with E-state index in [1.165, 1.54) is 6.07 Å². The van der Waals surface area contributed by atoms with E-state index >= 15 is 0 Å². The third-order valence-electron chi connectivity index (χ3n) is 3.09. The fraction of sp³-hybridized carbons (Fsp3) is 0.214. The molecule has 0 N–H and O–H groups in total. The number of carbonyl (C=O) groups is 1. The van der Waals surface area contributed by atoms with Gasteiger partial charge >= 0.3 is 0 Å². The van der Waals surface area contributed by atoms with E-state index in [2.05, 4.69) is 9.97 Å². The molecule has 0 bridgehead atoms. The van der Waals surface area contributed by atoms with E-state index in [0.717, 1.165) is 24.7 Å². The molecule has 3 nitrogen and oxygen atoms in total. The van der Waals surface area contributed by atoms with Crippen LogP contribution in [-0.2, 0) is 6.42 Å². The molecule has 0 atom stereocenters. The first-order chi connectivity index (χ1) is 8.74. The van der Waals surface area contributed by atoms with E-state index in [4.69, 9.17) is 0 Å². The van der Waals surface area contributed by atoms with E-state index in [1.807, 2.05) is 0 Å². The van der Waals surface area contributed by atoms with Gasteiger partial charge in [-0.1, -0.05) is 0 Å². The van der Waals surface area contributed by atoms with E-state index in [-0.39, 0.29) is 11.6 Å². The van der Waals surface area contributed by atoms with Gasteiger partial charge in [0.1, 0.15) is 5.82 Å². The van der Waals surface area contributed by atoms with Crippen LogP contribution in [0, 0.1) is 5.82 Å². The zero-order chi connectivity index (χ0) is 12.5. The Morgan fingerprint density at radius 1 is 1.17 bits per heavy atom. The minimum atomic E-state index is -0.386. The molecule has 4 heteroatoms. The molecule has 1 aliphatic carbocycles. The second kappa shape index (κ2) is 4.29. The predicted molar refractivity (Wildman–Crippen MR) is 64.7 cm³/mol. The van der Waals surface area contributed by atoms with Crippen LogP contribution in [0.2, 0.25) is 0 Å². The molecule has 2 aromatic rings. The number of hydrogen-bond acceptors (Lipinski definition) is 3. The van der Waals surface area contributed by atoms with Crippen molar-refractivity contribution in [2.75, 3.05) is 0 Å². The summed E-state index contributed by atoms with van der Waals surface area (Å²) in [7, 11) is 0. The van der Waals surface area contributed by atoms with E-state index in [9.17, 15) is 9.18 Å².